The summed E-state index contributed by atoms with van der Waals surface area (Å²) in [6.45, 7) is 14.1. The molecule has 1 saturated heterocycles. The van der Waals surface area contributed by atoms with Gasteiger partial charge in [0.25, 0.3) is 0 Å². The number of carbonyl (C=O) groups excluding carboxylic acids is 1. The third-order valence-electron chi connectivity index (χ3n) is 3.65. The summed E-state index contributed by atoms with van der Waals surface area (Å²) in [7, 11) is 0. The fourth-order valence-electron chi connectivity index (χ4n) is 2.59. The van der Waals surface area contributed by atoms with Gasteiger partial charge >= 0.3 is 0 Å². The Balaban J connectivity index is 2.72. The number of nitrogens with zero attached hydrogens (tertiary/aromatic N) is 2. The van der Waals surface area contributed by atoms with Crippen LogP contribution in [0.25, 0.3) is 0 Å². The van der Waals surface area contributed by atoms with Crippen molar-refractivity contribution >= 4 is 5.91 Å². The molecule has 0 aromatic heterocycles. The van der Waals surface area contributed by atoms with Gasteiger partial charge in [-0.1, -0.05) is 13.8 Å². The lowest BCUT2D eigenvalue weighted by Gasteiger charge is -2.37. The van der Waals surface area contributed by atoms with E-state index in [0.717, 1.165) is 45.7 Å². The van der Waals surface area contributed by atoms with E-state index < -0.39 is 0 Å². The molecular weight excluding hydrogens is 226 g/mol. The average Bonchev–Trinajstić information content (AvgIpc) is 2.38. The Morgan fingerprint density at radius 1 is 1.22 bits per heavy atom. The van der Waals surface area contributed by atoms with Crippen molar-refractivity contribution in [3.8, 4) is 0 Å². The molecule has 4 nitrogen and oxygen atoms in total. The zero-order valence-corrected chi connectivity index (χ0v) is 12.4. The summed E-state index contributed by atoms with van der Waals surface area (Å²) >= 11 is 0. The molecule has 106 valence electrons. The standard InChI is InChI=1S/C14H29N3O/c1-5-16(6-2)14(18)13(11-12(3)4)17-9-7-15-8-10-17/h12-13,15H,5-11H2,1-4H3. The Morgan fingerprint density at radius 3 is 2.22 bits per heavy atom. The van der Waals surface area contributed by atoms with E-state index in [1.807, 2.05) is 4.90 Å². The van der Waals surface area contributed by atoms with Crippen LogP contribution >= 0.6 is 0 Å². The quantitative estimate of drug-likeness (QED) is 0.774. The first-order valence-corrected chi connectivity index (χ1v) is 7.33. The van der Waals surface area contributed by atoms with E-state index in [2.05, 4.69) is 37.9 Å². The fourth-order valence-corrected chi connectivity index (χ4v) is 2.59. The van der Waals surface area contributed by atoms with Gasteiger partial charge in [-0.15, -0.1) is 0 Å². The van der Waals surface area contributed by atoms with Gasteiger partial charge in [0.15, 0.2) is 0 Å². The number of carbonyl (C=O) groups is 1. The number of hydrogen-bond donors (Lipinski definition) is 1. The maximum atomic E-state index is 12.6. The predicted molar refractivity (Wildman–Crippen MR) is 75.6 cm³/mol. The number of likely N-dealkylation sites (N-methyl/N-ethyl adjacent to an activating group) is 1. The molecule has 0 radical (unpaired) electrons. The molecule has 4 heteroatoms. The SMILES string of the molecule is CCN(CC)C(=O)C(CC(C)C)N1CCNCC1. The Bertz CT molecular complexity index is 245. The first-order valence-electron chi connectivity index (χ1n) is 7.33. The van der Waals surface area contributed by atoms with Crippen LogP contribution in [-0.2, 0) is 4.79 Å². The van der Waals surface area contributed by atoms with Gasteiger partial charge < -0.3 is 10.2 Å². The minimum Gasteiger partial charge on any atom is -0.342 e. The second kappa shape index (κ2) is 7.74. The van der Waals surface area contributed by atoms with E-state index in [0.29, 0.717) is 11.8 Å². The van der Waals surface area contributed by atoms with Crippen molar-refractivity contribution < 1.29 is 4.79 Å². The second-order valence-electron chi connectivity index (χ2n) is 5.44. The van der Waals surface area contributed by atoms with Crippen LogP contribution < -0.4 is 5.32 Å². The Labute approximate surface area is 112 Å². The highest BCUT2D eigenvalue weighted by Gasteiger charge is 2.29. The van der Waals surface area contributed by atoms with Crippen LogP contribution in [0.1, 0.15) is 34.1 Å². The van der Waals surface area contributed by atoms with E-state index in [9.17, 15) is 4.79 Å². The molecule has 0 aromatic rings. The summed E-state index contributed by atoms with van der Waals surface area (Å²) < 4.78 is 0. The van der Waals surface area contributed by atoms with Gasteiger partial charge in [-0.2, -0.15) is 0 Å². The third kappa shape index (κ3) is 4.25. The zero-order valence-electron chi connectivity index (χ0n) is 12.4. The van der Waals surface area contributed by atoms with Gasteiger partial charge in [0.1, 0.15) is 0 Å². The topological polar surface area (TPSA) is 35.6 Å². The van der Waals surface area contributed by atoms with E-state index in [4.69, 9.17) is 0 Å². The molecule has 1 fully saturated rings. The van der Waals surface area contributed by atoms with Gasteiger partial charge in [-0.25, -0.2) is 0 Å². The first-order chi connectivity index (χ1) is 8.60. The van der Waals surface area contributed by atoms with Crippen LogP contribution in [0.15, 0.2) is 0 Å². The minimum absolute atomic E-state index is 0.0759. The second-order valence-corrected chi connectivity index (χ2v) is 5.44. The number of nitrogens with one attached hydrogen (secondary N) is 1. The summed E-state index contributed by atoms with van der Waals surface area (Å²) in [5.41, 5.74) is 0. The Morgan fingerprint density at radius 2 is 1.78 bits per heavy atom. The predicted octanol–water partition coefficient (Wildman–Crippen LogP) is 1.17. The van der Waals surface area contributed by atoms with Crippen molar-refractivity contribution in [2.45, 2.75) is 40.2 Å². The number of rotatable bonds is 6. The molecule has 0 saturated carbocycles. The molecule has 0 spiro atoms. The number of hydrogen-bond acceptors (Lipinski definition) is 3. The molecule has 1 heterocycles. The van der Waals surface area contributed by atoms with Crippen molar-refractivity contribution in [1.82, 2.24) is 15.1 Å². The van der Waals surface area contributed by atoms with Crippen molar-refractivity contribution in [3.05, 3.63) is 0 Å². The van der Waals surface area contributed by atoms with E-state index >= 15 is 0 Å². The summed E-state index contributed by atoms with van der Waals surface area (Å²) in [5, 5.41) is 3.35. The van der Waals surface area contributed by atoms with Gasteiger partial charge in [0.05, 0.1) is 6.04 Å². The van der Waals surface area contributed by atoms with Crippen molar-refractivity contribution in [1.29, 1.82) is 0 Å². The minimum atomic E-state index is 0.0759. The maximum absolute atomic E-state index is 12.6. The molecular formula is C14H29N3O. The molecule has 0 bridgehead atoms. The Hall–Kier alpha value is -0.610. The first kappa shape index (κ1) is 15.4. The largest absolute Gasteiger partial charge is 0.342 e. The molecule has 1 unspecified atom stereocenters. The van der Waals surface area contributed by atoms with E-state index in [-0.39, 0.29) is 6.04 Å². The molecule has 1 rings (SSSR count). The number of amides is 1. The van der Waals surface area contributed by atoms with Crippen molar-refractivity contribution in [2.75, 3.05) is 39.3 Å². The summed E-state index contributed by atoms with van der Waals surface area (Å²) in [4.78, 5) is 16.9. The van der Waals surface area contributed by atoms with Crippen LogP contribution in [0.4, 0.5) is 0 Å². The lowest BCUT2D eigenvalue weighted by atomic mass is 10.0. The maximum Gasteiger partial charge on any atom is 0.239 e. The Kier molecular flexibility index (Phi) is 6.65. The summed E-state index contributed by atoms with van der Waals surface area (Å²) in [6, 6.07) is 0.0759. The fraction of sp³-hybridized carbons (Fsp3) is 0.929. The normalized spacial score (nSPS) is 18.9. The van der Waals surface area contributed by atoms with Gasteiger partial charge in [0.2, 0.25) is 5.91 Å². The van der Waals surface area contributed by atoms with Crippen molar-refractivity contribution in [3.63, 3.8) is 0 Å². The molecule has 18 heavy (non-hydrogen) atoms. The van der Waals surface area contributed by atoms with Gasteiger partial charge in [-0.3, -0.25) is 9.69 Å². The molecule has 1 aliphatic heterocycles. The average molecular weight is 255 g/mol. The van der Waals surface area contributed by atoms with Gasteiger partial charge in [0, 0.05) is 39.3 Å². The summed E-state index contributed by atoms with van der Waals surface area (Å²) in [5.74, 6) is 0.875. The molecule has 1 N–H and O–H groups in total. The van der Waals surface area contributed by atoms with E-state index in [1.54, 1.807) is 0 Å². The number of piperazine rings is 1. The van der Waals surface area contributed by atoms with Gasteiger partial charge in [-0.05, 0) is 26.2 Å². The lowest BCUT2D eigenvalue weighted by molar-refractivity contribution is -0.137. The monoisotopic (exact) mass is 255 g/mol. The molecule has 1 aliphatic rings. The highest BCUT2D eigenvalue weighted by atomic mass is 16.2. The van der Waals surface area contributed by atoms with Crippen LogP contribution in [-0.4, -0.2) is 61.0 Å². The van der Waals surface area contributed by atoms with Crippen LogP contribution in [0, 0.1) is 5.92 Å². The van der Waals surface area contributed by atoms with Crippen LogP contribution in [0.2, 0.25) is 0 Å². The molecule has 0 aliphatic carbocycles. The van der Waals surface area contributed by atoms with Crippen LogP contribution in [0.3, 0.4) is 0 Å². The van der Waals surface area contributed by atoms with Crippen LogP contribution in [0.5, 0.6) is 0 Å². The molecule has 1 amide bonds. The molecule has 1 atom stereocenters. The smallest absolute Gasteiger partial charge is 0.239 e. The zero-order chi connectivity index (χ0) is 13.5. The van der Waals surface area contributed by atoms with Crippen molar-refractivity contribution in [2.24, 2.45) is 5.92 Å². The lowest BCUT2D eigenvalue weighted by Crippen LogP contribution is -2.55. The molecule has 0 aromatic carbocycles. The highest BCUT2D eigenvalue weighted by Crippen LogP contribution is 2.15. The highest BCUT2D eigenvalue weighted by molar-refractivity contribution is 5.81. The summed E-state index contributed by atoms with van der Waals surface area (Å²) in [6.07, 6.45) is 0.968. The third-order valence-corrected chi connectivity index (χ3v) is 3.65. The van der Waals surface area contributed by atoms with E-state index in [1.165, 1.54) is 0 Å².